The lowest BCUT2D eigenvalue weighted by Gasteiger charge is -2.13. The van der Waals surface area contributed by atoms with E-state index in [0.717, 1.165) is 29.7 Å². The lowest BCUT2D eigenvalue weighted by Crippen LogP contribution is -2.24. The number of rotatable bonds is 7. The van der Waals surface area contributed by atoms with Gasteiger partial charge >= 0.3 is 0 Å². The van der Waals surface area contributed by atoms with Gasteiger partial charge in [-0.2, -0.15) is 0 Å². The summed E-state index contributed by atoms with van der Waals surface area (Å²) in [7, 11) is -3.34. The Kier molecular flexibility index (Phi) is 5.53. The molecule has 1 saturated carbocycles. The lowest BCUT2D eigenvalue weighted by atomic mass is 10.2. The van der Waals surface area contributed by atoms with E-state index in [-0.39, 0.29) is 5.75 Å². The van der Waals surface area contributed by atoms with Crippen LogP contribution in [-0.4, -0.2) is 14.5 Å². The molecule has 0 radical (unpaired) electrons. The molecular weight excluding hydrogens is 322 g/mol. The van der Waals surface area contributed by atoms with Crippen molar-refractivity contribution in [3.05, 3.63) is 65.7 Å². The molecule has 4 nitrogen and oxygen atoms in total. The summed E-state index contributed by atoms with van der Waals surface area (Å²) in [5, 5.41) is 0. The SMILES string of the molecule is O=S(=O)(Cc1ccccc1)NCc1ccc(OC2CCCC2)cc1. The molecule has 1 N–H and O–H groups in total. The highest BCUT2D eigenvalue weighted by Gasteiger charge is 2.16. The van der Waals surface area contributed by atoms with Crippen LogP contribution in [0.1, 0.15) is 36.8 Å². The minimum Gasteiger partial charge on any atom is -0.490 e. The summed E-state index contributed by atoms with van der Waals surface area (Å²) >= 11 is 0. The Balaban J connectivity index is 1.52. The number of hydrogen-bond donors (Lipinski definition) is 1. The molecule has 24 heavy (non-hydrogen) atoms. The maximum Gasteiger partial charge on any atom is 0.216 e. The van der Waals surface area contributed by atoms with E-state index in [0.29, 0.717) is 12.6 Å². The zero-order valence-corrected chi connectivity index (χ0v) is 14.5. The fourth-order valence-corrected chi connectivity index (χ4v) is 4.04. The van der Waals surface area contributed by atoms with Crippen LogP contribution < -0.4 is 9.46 Å². The zero-order valence-electron chi connectivity index (χ0n) is 13.6. The Labute approximate surface area is 143 Å². The van der Waals surface area contributed by atoms with Crippen molar-refractivity contribution < 1.29 is 13.2 Å². The van der Waals surface area contributed by atoms with E-state index in [9.17, 15) is 8.42 Å². The van der Waals surface area contributed by atoms with Gasteiger partial charge < -0.3 is 4.74 Å². The molecule has 0 amide bonds. The van der Waals surface area contributed by atoms with Gasteiger partial charge in [-0.15, -0.1) is 0 Å². The first-order valence-corrected chi connectivity index (χ1v) is 10.0. The predicted octanol–water partition coefficient (Wildman–Crippen LogP) is 3.63. The highest BCUT2D eigenvalue weighted by Crippen LogP contribution is 2.24. The summed E-state index contributed by atoms with van der Waals surface area (Å²) in [6.07, 6.45) is 5.07. The van der Waals surface area contributed by atoms with Crippen molar-refractivity contribution in [2.45, 2.75) is 44.1 Å². The molecule has 0 aliphatic heterocycles. The number of sulfonamides is 1. The predicted molar refractivity (Wildman–Crippen MR) is 95.2 cm³/mol. The topological polar surface area (TPSA) is 55.4 Å². The summed E-state index contributed by atoms with van der Waals surface area (Å²) in [6.45, 7) is 0.291. The highest BCUT2D eigenvalue weighted by atomic mass is 32.2. The Bertz CT molecular complexity index is 736. The van der Waals surface area contributed by atoms with Gasteiger partial charge in [-0.3, -0.25) is 0 Å². The van der Waals surface area contributed by atoms with Crippen LogP contribution in [-0.2, 0) is 22.3 Å². The van der Waals surface area contributed by atoms with Gasteiger partial charge in [0, 0.05) is 6.54 Å². The zero-order chi connectivity index (χ0) is 16.8. The molecule has 1 aliphatic carbocycles. The first kappa shape index (κ1) is 17.0. The third kappa shape index (κ3) is 5.08. The second kappa shape index (κ2) is 7.81. The molecule has 0 unspecified atom stereocenters. The third-order valence-electron chi connectivity index (χ3n) is 4.22. The van der Waals surface area contributed by atoms with Crippen LogP contribution >= 0.6 is 0 Å². The molecule has 0 spiro atoms. The Hall–Kier alpha value is -1.85. The fraction of sp³-hybridized carbons (Fsp3) is 0.368. The number of hydrogen-bond acceptors (Lipinski definition) is 3. The molecule has 3 rings (SSSR count). The van der Waals surface area contributed by atoms with E-state index in [1.165, 1.54) is 12.8 Å². The maximum absolute atomic E-state index is 12.1. The van der Waals surface area contributed by atoms with Crippen LogP contribution in [0.2, 0.25) is 0 Å². The van der Waals surface area contributed by atoms with Crippen LogP contribution in [0.25, 0.3) is 0 Å². The van der Waals surface area contributed by atoms with Crippen molar-refractivity contribution in [1.29, 1.82) is 0 Å². The average Bonchev–Trinajstić information content (AvgIpc) is 3.08. The van der Waals surface area contributed by atoms with Gasteiger partial charge in [-0.05, 0) is 48.9 Å². The molecule has 1 fully saturated rings. The largest absolute Gasteiger partial charge is 0.490 e. The summed E-state index contributed by atoms with van der Waals surface area (Å²) < 4.78 is 32.8. The van der Waals surface area contributed by atoms with Gasteiger partial charge in [0.2, 0.25) is 10.0 Å². The molecule has 5 heteroatoms. The molecule has 0 bridgehead atoms. The van der Waals surface area contributed by atoms with Crippen molar-refractivity contribution in [3.63, 3.8) is 0 Å². The molecule has 0 heterocycles. The highest BCUT2D eigenvalue weighted by molar-refractivity contribution is 7.88. The van der Waals surface area contributed by atoms with Crippen molar-refractivity contribution in [2.24, 2.45) is 0 Å². The van der Waals surface area contributed by atoms with E-state index in [2.05, 4.69) is 4.72 Å². The van der Waals surface area contributed by atoms with Crippen molar-refractivity contribution in [2.75, 3.05) is 0 Å². The Morgan fingerprint density at radius 3 is 2.25 bits per heavy atom. The van der Waals surface area contributed by atoms with Crippen LogP contribution in [0, 0.1) is 0 Å². The monoisotopic (exact) mass is 345 g/mol. The minimum absolute atomic E-state index is 0.00326. The van der Waals surface area contributed by atoms with E-state index in [1.54, 1.807) is 0 Å². The van der Waals surface area contributed by atoms with Crippen molar-refractivity contribution in [1.82, 2.24) is 4.72 Å². The van der Waals surface area contributed by atoms with E-state index in [1.807, 2.05) is 54.6 Å². The first-order chi connectivity index (χ1) is 11.6. The summed E-state index contributed by atoms with van der Waals surface area (Å²) in [5.41, 5.74) is 1.70. The molecule has 0 saturated heterocycles. The van der Waals surface area contributed by atoms with Gasteiger partial charge in [0.1, 0.15) is 5.75 Å². The fourth-order valence-electron chi connectivity index (χ4n) is 2.92. The number of nitrogens with one attached hydrogen (secondary N) is 1. The average molecular weight is 345 g/mol. The minimum atomic E-state index is -3.34. The Morgan fingerprint density at radius 2 is 1.58 bits per heavy atom. The van der Waals surface area contributed by atoms with Gasteiger partial charge in [-0.25, -0.2) is 13.1 Å². The van der Waals surface area contributed by atoms with Gasteiger partial charge in [0.15, 0.2) is 0 Å². The normalized spacial score (nSPS) is 15.5. The van der Waals surface area contributed by atoms with Crippen molar-refractivity contribution >= 4 is 10.0 Å². The second-order valence-electron chi connectivity index (χ2n) is 6.23. The second-order valence-corrected chi connectivity index (χ2v) is 8.04. The molecular formula is C19H23NO3S. The van der Waals surface area contributed by atoms with Gasteiger partial charge in [0.25, 0.3) is 0 Å². The standard InChI is InChI=1S/C19H23NO3S/c21-24(22,15-17-6-2-1-3-7-17)20-14-16-10-12-19(13-11-16)23-18-8-4-5-9-18/h1-3,6-7,10-13,18,20H,4-5,8-9,14-15H2. The third-order valence-corrected chi connectivity index (χ3v) is 5.52. The Morgan fingerprint density at radius 1 is 0.917 bits per heavy atom. The smallest absolute Gasteiger partial charge is 0.216 e. The molecule has 0 aromatic heterocycles. The molecule has 1 aliphatic rings. The van der Waals surface area contributed by atoms with Crippen LogP contribution in [0.5, 0.6) is 5.75 Å². The lowest BCUT2D eigenvalue weighted by molar-refractivity contribution is 0.210. The summed E-state index contributed by atoms with van der Waals surface area (Å²) in [5.74, 6) is 0.856. The summed E-state index contributed by atoms with van der Waals surface area (Å²) in [4.78, 5) is 0. The van der Waals surface area contributed by atoms with E-state index < -0.39 is 10.0 Å². The van der Waals surface area contributed by atoms with Gasteiger partial charge in [-0.1, -0.05) is 42.5 Å². The number of ether oxygens (including phenoxy) is 1. The molecule has 128 valence electrons. The molecule has 2 aromatic rings. The molecule has 2 aromatic carbocycles. The molecule has 0 atom stereocenters. The number of benzene rings is 2. The van der Waals surface area contributed by atoms with E-state index >= 15 is 0 Å². The van der Waals surface area contributed by atoms with Gasteiger partial charge in [0.05, 0.1) is 11.9 Å². The van der Waals surface area contributed by atoms with Crippen molar-refractivity contribution in [3.8, 4) is 5.75 Å². The van der Waals surface area contributed by atoms with Crippen LogP contribution in [0.3, 0.4) is 0 Å². The van der Waals surface area contributed by atoms with Crippen LogP contribution in [0.4, 0.5) is 0 Å². The van der Waals surface area contributed by atoms with E-state index in [4.69, 9.17) is 4.74 Å². The first-order valence-electron chi connectivity index (χ1n) is 8.38. The maximum atomic E-state index is 12.1. The quantitative estimate of drug-likeness (QED) is 0.834. The van der Waals surface area contributed by atoms with Crippen LogP contribution in [0.15, 0.2) is 54.6 Å². The summed E-state index contributed by atoms with van der Waals surface area (Å²) in [6, 6.07) is 16.8.